The van der Waals surface area contributed by atoms with Gasteiger partial charge in [-0.15, -0.1) is 0 Å². The molecular formula is C12H13N3O2. The minimum atomic E-state index is -0.604. The number of carbonyl (C=O) groups excluding carboxylic acids is 1. The number of aliphatic hydroxyl groups excluding tert-OH is 1. The summed E-state index contributed by atoms with van der Waals surface area (Å²) in [4.78, 5) is 11.0. The number of aromatic nitrogens is 2. The third-order valence-electron chi connectivity index (χ3n) is 2.50. The molecule has 0 saturated carbocycles. The third-order valence-corrected chi connectivity index (χ3v) is 2.50. The summed E-state index contributed by atoms with van der Waals surface area (Å²) in [6, 6.07) is 7.31. The Bertz CT molecular complexity index is 546. The van der Waals surface area contributed by atoms with Crippen LogP contribution >= 0.6 is 0 Å². The summed E-state index contributed by atoms with van der Waals surface area (Å²) < 4.78 is 1.53. The SMILES string of the molecule is C[C@@H](O)c1ccccc1-n1cc(C(N)=O)cn1. The molecule has 0 fully saturated rings. The molecule has 1 atom stereocenters. The number of nitrogens with two attached hydrogens (primary N) is 1. The average Bonchev–Trinajstić information content (AvgIpc) is 2.78. The predicted octanol–water partition coefficient (Wildman–Crippen LogP) is 1.02. The largest absolute Gasteiger partial charge is 0.389 e. The maximum Gasteiger partial charge on any atom is 0.251 e. The Balaban J connectivity index is 2.48. The van der Waals surface area contributed by atoms with Crippen LogP contribution in [0.1, 0.15) is 28.9 Å². The van der Waals surface area contributed by atoms with Crippen LogP contribution in [0.25, 0.3) is 5.69 Å². The summed E-state index contributed by atoms with van der Waals surface area (Å²) in [6.45, 7) is 1.68. The molecule has 0 aliphatic heterocycles. The van der Waals surface area contributed by atoms with Gasteiger partial charge in [0.25, 0.3) is 5.91 Å². The van der Waals surface area contributed by atoms with Gasteiger partial charge in [-0.1, -0.05) is 18.2 Å². The lowest BCUT2D eigenvalue weighted by Gasteiger charge is -2.11. The Hall–Kier alpha value is -2.14. The highest BCUT2D eigenvalue weighted by molar-refractivity contribution is 5.92. The molecule has 0 aliphatic rings. The molecule has 0 bridgehead atoms. The Morgan fingerprint density at radius 3 is 2.76 bits per heavy atom. The number of aliphatic hydroxyl groups is 1. The Labute approximate surface area is 98.5 Å². The van der Waals surface area contributed by atoms with Gasteiger partial charge in [0.2, 0.25) is 0 Å². The van der Waals surface area contributed by atoms with E-state index in [9.17, 15) is 9.90 Å². The second-order valence-corrected chi connectivity index (χ2v) is 3.77. The number of benzene rings is 1. The van der Waals surface area contributed by atoms with E-state index in [4.69, 9.17) is 5.73 Å². The number of hydrogen-bond donors (Lipinski definition) is 2. The molecule has 3 N–H and O–H groups in total. The van der Waals surface area contributed by atoms with Crippen molar-refractivity contribution in [1.82, 2.24) is 9.78 Å². The Morgan fingerprint density at radius 2 is 2.18 bits per heavy atom. The molecule has 1 aromatic heterocycles. The molecule has 2 rings (SSSR count). The molecule has 0 spiro atoms. The van der Waals surface area contributed by atoms with Crippen molar-refractivity contribution >= 4 is 5.91 Å². The van der Waals surface area contributed by atoms with Gasteiger partial charge in [0, 0.05) is 11.8 Å². The zero-order chi connectivity index (χ0) is 12.4. The van der Waals surface area contributed by atoms with Gasteiger partial charge in [-0.05, 0) is 13.0 Å². The zero-order valence-electron chi connectivity index (χ0n) is 9.37. The van der Waals surface area contributed by atoms with E-state index in [1.54, 1.807) is 13.1 Å². The highest BCUT2D eigenvalue weighted by Gasteiger charge is 2.11. The van der Waals surface area contributed by atoms with Crippen LogP contribution in [0.3, 0.4) is 0 Å². The van der Waals surface area contributed by atoms with Gasteiger partial charge in [0.05, 0.1) is 23.6 Å². The molecule has 1 heterocycles. The number of primary amides is 1. The van der Waals surface area contributed by atoms with E-state index >= 15 is 0 Å². The van der Waals surface area contributed by atoms with E-state index in [0.717, 1.165) is 11.3 Å². The number of rotatable bonds is 3. The van der Waals surface area contributed by atoms with Crippen LogP contribution in [0.4, 0.5) is 0 Å². The van der Waals surface area contributed by atoms with Crippen molar-refractivity contribution in [2.24, 2.45) is 5.73 Å². The molecule has 0 aliphatic carbocycles. The molecular weight excluding hydrogens is 218 g/mol. The van der Waals surface area contributed by atoms with Crippen LogP contribution in [0.2, 0.25) is 0 Å². The van der Waals surface area contributed by atoms with Gasteiger partial charge in [-0.2, -0.15) is 5.10 Å². The molecule has 0 unspecified atom stereocenters. The maximum atomic E-state index is 11.0. The molecule has 0 saturated heterocycles. The first-order valence-electron chi connectivity index (χ1n) is 5.21. The molecule has 0 radical (unpaired) electrons. The number of nitrogens with zero attached hydrogens (tertiary/aromatic N) is 2. The zero-order valence-corrected chi connectivity index (χ0v) is 9.37. The molecule has 1 amide bonds. The quantitative estimate of drug-likeness (QED) is 0.827. The minimum Gasteiger partial charge on any atom is -0.389 e. The molecule has 5 heteroatoms. The van der Waals surface area contributed by atoms with Crippen LogP contribution in [0.5, 0.6) is 0 Å². The van der Waals surface area contributed by atoms with Gasteiger partial charge in [0.15, 0.2) is 0 Å². The molecule has 2 aromatic rings. The van der Waals surface area contributed by atoms with Crippen LogP contribution in [-0.2, 0) is 0 Å². The Kier molecular flexibility index (Phi) is 2.93. The highest BCUT2D eigenvalue weighted by Crippen LogP contribution is 2.20. The number of hydrogen-bond acceptors (Lipinski definition) is 3. The highest BCUT2D eigenvalue weighted by atomic mass is 16.3. The van der Waals surface area contributed by atoms with E-state index in [0.29, 0.717) is 5.56 Å². The van der Waals surface area contributed by atoms with Crippen molar-refractivity contribution < 1.29 is 9.90 Å². The van der Waals surface area contributed by atoms with Crippen molar-refractivity contribution in [1.29, 1.82) is 0 Å². The normalized spacial score (nSPS) is 12.4. The molecule has 1 aromatic carbocycles. The Morgan fingerprint density at radius 1 is 1.47 bits per heavy atom. The first kappa shape index (κ1) is 11.3. The summed E-state index contributed by atoms with van der Waals surface area (Å²) in [5.74, 6) is -0.522. The number of carbonyl (C=O) groups is 1. The van der Waals surface area contributed by atoms with Gasteiger partial charge >= 0.3 is 0 Å². The van der Waals surface area contributed by atoms with Crippen molar-refractivity contribution in [3.8, 4) is 5.69 Å². The van der Waals surface area contributed by atoms with Gasteiger partial charge in [-0.25, -0.2) is 4.68 Å². The van der Waals surface area contributed by atoms with E-state index in [-0.39, 0.29) is 0 Å². The lowest BCUT2D eigenvalue weighted by Crippen LogP contribution is -2.09. The first-order valence-corrected chi connectivity index (χ1v) is 5.21. The van der Waals surface area contributed by atoms with Gasteiger partial charge in [0.1, 0.15) is 0 Å². The van der Waals surface area contributed by atoms with Crippen LogP contribution in [0.15, 0.2) is 36.7 Å². The first-order chi connectivity index (χ1) is 8.09. The predicted molar refractivity (Wildman–Crippen MR) is 62.7 cm³/mol. The van der Waals surface area contributed by atoms with E-state index in [1.165, 1.54) is 10.9 Å². The molecule has 88 valence electrons. The van der Waals surface area contributed by atoms with Crippen LogP contribution in [0, 0.1) is 0 Å². The summed E-state index contributed by atoms with van der Waals surface area (Å²) in [7, 11) is 0. The van der Waals surface area contributed by atoms with E-state index < -0.39 is 12.0 Å². The lowest BCUT2D eigenvalue weighted by molar-refractivity contribution is 0.100. The standard InChI is InChI=1S/C12H13N3O2/c1-8(16)10-4-2-3-5-11(10)15-7-9(6-14-15)12(13)17/h2-8,16H,1H3,(H2,13,17)/t8-/m1/s1. The van der Waals surface area contributed by atoms with Crippen molar-refractivity contribution in [2.75, 3.05) is 0 Å². The fourth-order valence-electron chi connectivity index (χ4n) is 1.63. The second-order valence-electron chi connectivity index (χ2n) is 3.77. The third kappa shape index (κ3) is 2.19. The molecule has 5 nitrogen and oxygen atoms in total. The number of para-hydroxylation sites is 1. The summed E-state index contributed by atoms with van der Waals surface area (Å²) in [5, 5.41) is 13.7. The van der Waals surface area contributed by atoms with Crippen molar-refractivity contribution in [2.45, 2.75) is 13.0 Å². The topological polar surface area (TPSA) is 81.1 Å². The van der Waals surface area contributed by atoms with Crippen LogP contribution in [-0.4, -0.2) is 20.8 Å². The fraction of sp³-hybridized carbons (Fsp3) is 0.167. The summed E-state index contributed by atoms with van der Waals surface area (Å²) >= 11 is 0. The maximum absolute atomic E-state index is 11.0. The fourth-order valence-corrected chi connectivity index (χ4v) is 1.63. The van der Waals surface area contributed by atoms with Crippen molar-refractivity contribution in [3.63, 3.8) is 0 Å². The summed E-state index contributed by atoms with van der Waals surface area (Å²) in [5.41, 5.74) is 6.97. The molecule has 17 heavy (non-hydrogen) atoms. The average molecular weight is 231 g/mol. The van der Waals surface area contributed by atoms with Gasteiger partial charge < -0.3 is 10.8 Å². The summed E-state index contributed by atoms with van der Waals surface area (Å²) in [6.07, 6.45) is 2.34. The second kappa shape index (κ2) is 4.39. The monoisotopic (exact) mass is 231 g/mol. The van der Waals surface area contributed by atoms with Gasteiger partial charge in [-0.3, -0.25) is 4.79 Å². The number of amides is 1. The smallest absolute Gasteiger partial charge is 0.251 e. The lowest BCUT2D eigenvalue weighted by atomic mass is 10.1. The minimum absolute atomic E-state index is 0.338. The van der Waals surface area contributed by atoms with Crippen molar-refractivity contribution in [3.05, 3.63) is 47.8 Å². The van der Waals surface area contributed by atoms with E-state index in [1.807, 2.05) is 24.3 Å². The van der Waals surface area contributed by atoms with Crippen LogP contribution < -0.4 is 5.73 Å². The van der Waals surface area contributed by atoms with E-state index in [2.05, 4.69) is 5.10 Å².